The number of nitrogens with zero attached hydrogens (tertiary/aromatic N) is 5. The van der Waals surface area contributed by atoms with E-state index in [-0.39, 0.29) is 0 Å². The van der Waals surface area contributed by atoms with Crippen molar-refractivity contribution < 1.29 is 0 Å². The molecule has 0 bridgehead atoms. The summed E-state index contributed by atoms with van der Waals surface area (Å²) in [5.41, 5.74) is 4.97. The Morgan fingerprint density at radius 1 is 1.20 bits per heavy atom. The van der Waals surface area contributed by atoms with Crippen LogP contribution >= 0.6 is 0 Å². The van der Waals surface area contributed by atoms with E-state index in [1.807, 2.05) is 24.3 Å². The minimum Gasteiger partial charge on any atom is -0.322 e. The average Bonchev–Trinajstić information content (AvgIpc) is 3.09. The highest BCUT2D eigenvalue weighted by atomic mass is 15.4. The summed E-state index contributed by atoms with van der Waals surface area (Å²) in [4.78, 5) is 16.0. The molecule has 3 aromatic heterocycles. The fourth-order valence-corrected chi connectivity index (χ4v) is 2.15. The Kier molecular flexibility index (Phi) is 2.18. The average molecular weight is 266 g/mol. The monoisotopic (exact) mass is 266 g/mol. The molecule has 8 nitrogen and oxygen atoms in total. The fraction of sp³-hybridized carbons (Fsp3) is 0. The Morgan fingerprint density at radius 2 is 2.10 bits per heavy atom. The van der Waals surface area contributed by atoms with Gasteiger partial charge < -0.3 is 10.4 Å². The Hall–Kier alpha value is -3.00. The van der Waals surface area contributed by atoms with Gasteiger partial charge in [-0.05, 0) is 12.1 Å². The van der Waals surface area contributed by atoms with Crippen LogP contribution < -0.4 is 11.3 Å². The number of hydrogen-bond donors (Lipinski definition) is 3. The van der Waals surface area contributed by atoms with Gasteiger partial charge in [-0.2, -0.15) is 9.78 Å². The van der Waals surface area contributed by atoms with E-state index in [1.165, 1.54) is 6.33 Å². The minimum atomic E-state index is 0.525. The number of nitrogen functional groups attached to an aromatic ring is 1. The van der Waals surface area contributed by atoms with Crippen molar-refractivity contribution in [3.63, 3.8) is 0 Å². The summed E-state index contributed by atoms with van der Waals surface area (Å²) < 4.78 is 1.62. The van der Waals surface area contributed by atoms with Crippen molar-refractivity contribution in [1.29, 1.82) is 0 Å². The van der Waals surface area contributed by atoms with Crippen LogP contribution in [0.5, 0.6) is 0 Å². The third-order valence-corrected chi connectivity index (χ3v) is 3.08. The van der Waals surface area contributed by atoms with Crippen LogP contribution in [0.3, 0.4) is 0 Å². The molecular weight excluding hydrogens is 256 g/mol. The van der Waals surface area contributed by atoms with Crippen LogP contribution in [0.4, 0.5) is 5.82 Å². The number of para-hydroxylation sites is 2. The molecule has 0 spiro atoms. The zero-order valence-electron chi connectivity index (χ0n) is 10.3. The van der Waals surface area contributed by atoms with Gasteiger partial charge in [-0.25, -0.2) is 20.8 Å². The normalized spacial score (nSPS) is 11.2. The first-order valence-electron chi connectivity index (χ1n) is 5.97. The molecule has 1 aromatic carbocycles. The molecule has 98 valence electrons. The lowest BCUT2D eigenvalue weighted by Gasteiger charge is -2.00. The highest BCUT2D eigenvalue weighted by Crippen LogP contribution is 2.21. The number of aromatic nitrogens is 6. The van der Waals surface area contributed by atoms with E-state index in [9.17, 15) is 0 Å². The van der Waals surface area contributed by atoms with E-state index in [0.717, 1.165) is 16.4 Å². The Morgan fingerprint density at radius 3 is 2.95 bits per heavy atom. The molecule has 0 amide bonds. The molecule has 0 radical (unpaired) electrons. The van der Waals surface area contributed by atoms with E-state index in [1.54, 1.807) is 10.9 Å². The number of aromatic amines is 1. The molecular formula is C12H10N8. The van der Waals surface area contributed by atoms with Gasteiger partial charge in [0.25, 0.3) is 0 Å². The molecule has 0 aliphatic carbocycles. The molecule has 20 heavy (non-hydrogen) atoms. The van der Waals surface area contributed by atoms with E-state index < -0.39 is 0 Å². The number of benzene rings is 1. The Labute approximate surface area is 112 Å². The number of hydrogen-bond acceptors (Lipinski definition) is 6. The van der Waals surface area contributed by atoms with Crippen LogP contribution in [0.2, 0.25) is 0 Å². The lowest BCUT2D eigenvalue weighted by molar-refractivity contribution is 0.844. The molecule has 0 unspecified atom stereocenters. The van der Waals surface area contributed by atoms with Crippen molar-refractivity contribution in [1.82, 2.24) is 29.7 Å². The second-order valence-corrected chi connectivity index (χ2v) is 4.24. The summed E-state index contributed by atoms with van der Waals surface area (Å²) in [6.07, 6.45) is 3.08. The van der Waals surface area contributed by atoms with Crippen molar-refractivity contribution in [2.75, 3.05) is 5.43 Å². The summed E-state index contributed by atoms with van der Waals surface area (Å²) in [6, 6.07) is 7.78. The quantitative estimate of drug-likeness (QED) is 0.368. The molecule has 0 atom stereocenters. The predicted octanol–water partition coefficient (Wildman–Crippen LogP) is 0.977. The molecule has 0 saturated heterocycles. The molecule has 4 N–H and O–H groups in total. The van der Waals surface area contributed by atoms with Gasteiger partial charge in [0.15, 0.2) is 11.5 Å². The predicted molar refractivity (Wildman–Crippen MR) is 74.1 cm³/mol. The van der Waals surface area contributed by atoms with Gasteiger partial charge in [-0.15, -0.1) is 0 Å². The van der Waals surface area contributed by atoms with Gasteiger partial charge in [0.1, 0.15) is 6.33 Å². The second kappa shape index (κ2) is 4.00. The van der Waals surface area contributed by atoms with Gasteiger partial charge in [0, 0.05) is 0 Å². The van der Waals surface area contributed by atoms with Crippen LogP contribution in [-0.2, 0) is 0 Å². The van der Waals surface area contributed by atoms with Crippen molar-refractivity contribution in [2.24, 2.45) is 5.84 Å². The zero-order chi connectivity index (χ0) is 13.5. The lowest BCUT2D eigenvalue weighted by atomic mass is 10.3. The zero-order valence-corrected chi connectivity index (χ0v) is 10.3. The molecule has 3 heterocycles. The van der Waals surface area contributed by atoms with Crippen molar-refractivity contribution in [2.45, 2.75) is 0 Å². The topological polar surface area (TPSA) is 110 Å². The van der Waals surface area contributed by atoms with Crippen molar-refractivity contribution in [3.05, 3.63) is 36.8 Å². The summed E-state index contributed by atoms with van der Waals surface area (Å²) in [5, 5.41) is 5.03. The molecule has 4 aromatic rings. The number of nitrogens with one attached hydrogen (secondary N) is 2. The van der Waals surface area contributed by atoms with Gasteiger partial charge in [0.2, 0.25) is 5.95 Å². The highest BCUT2D eigenvalue weighted by Gasteiger charge is 2.12. The largest absolute Gasteiger partial charge is 0.322 e. The number of fused-ring (bicyclic) bond motifs is 2. The van der Waals surface area contributed by atoms with E-state index in [0.29, 0.717) is 17.4 Å². The third-order valence-electron chi connectivity index (χ3n) is 3.08. The van der Waals surface area contributed by atoms with Gasteiger partial charge in [-0.1, -0.05) is 12.1 Å². The molecule has 0 saturated carbocycles. The Balaban J connectivity index is 1.98. The first-order valence-corrected chi connectivity index (χ1v) is 5.97. The van der Waals surface area contributed by atoms with Gasteiger partial charge >= 0.3 is 0 Å². The maximum absolute atomic E-state index is 5.42. The van der Waals surface area contributed by atoms with E-state index >= 15 is 0 Å². The number of anilines is 1. The number of rotatable bonds is 2. The smallest absolute Gasteiger partial charge is 0.231 e. The van der Waals surface area contributed by atoms with Crippen LogP contribution in [0, 0.1) is 0 Å². The highest BCUT2D eigenvalue weighted by molar-refractivity contribution is 5.87. The first kappa shape index (κ1) is 10.9. The molecule has 8 heteroatoms. The molecule has 0 aliphatic heterocycles. The van der Waals surface area contributed by atoms with Crippen LogP contribution in [0.25, 0.3) is 28.0 Å². The lowest BCUT2D eigenvalue weighted by Crippen LogP contribution is -2.09. The molecule has 0 fully saturated rings. The molecule has 0 aliphatic rings. The van der Waals surface area contributed by atoms with Gasteiger partial charge in [-0.3, -0.25) is 0 Å². The third kappa shape index (κ3) is 1.45. The van der Waals surface area contributed by atoms with E-state index in [4.69, 9.17) is 5.84 Å². The summed E-state index contributed by atoms with van der Waals surface area (Å²) in [6.45, 7) is 0. The number of nitrogens with two attached hydrogens (primary N) is 1. The van der Waals surface area contributed by atoms with Crippen LogP contribution in [0.1, 0.15) is 0 Å². The minimum absolute atomic E-state index is 0.525. The SMILES string of the molecule is NNc1ncnc2c1cnn2-c1nc2ccccc2[nH]1. The summed E-state index contributed by atoms with van der Waals surface area (Å²) in [5.74, 6) is 6.55. The summed E-state index contributed by atoms with van der Waals surface area (Å²) >= 11 is 0. The maximum atomic E-state index is 5.42. The Bertz CT molecular complexity index is 873. The standard InChI is InChI=1S/C12H10N8/c13-19-10-7-5-16-20(11(7)15-6-14-10)12-17-8-3-1-2-4-9(8)18-12/h1-6H,13H2,(H,17,18)(H,14,15,19). The fourth-order valence-electron chi connectivity index (χ4n) is 2.15. The second-order valence-electron chi connectivity index (χ2n) is 4.24. The molecule has 4 rings (SSSR count). The first-order chi connectivity index (χ1) is 9.86. The van der Waals surface area contributed by atoms with Crippen LogP contribution in [-0.4, -0.2) is 29.7 Å². The van der Waals surface area contributed by atoms with Gasteiger partial charge in [0.05, 0.1) is 22.6 Å². The van der Waals surface area contributed by atoms with E-state index in [2.05, 4.69) is 30.5 Å². The number of imidazole rings is 1. The maximum Gasteiger partial charge on any atom is 0.231 e. The van der Waals surface area contributed by atoms with Crippen molar-refractivity contribution in [3.8, 4) is 5.95 Å². The summed E-state index contributed by atoms with van der Waals surface area (Å²) in [7, 11) is 0. The van der Waals surface area contributed by atoms with Crippen LogP contribution in [0.15, 0.2) is 36.8 Å². The number of hydrazine groups is 1. The number of H-pyrrole nitrogens is 1. The van der Waals surface area contributed by atoms with Crippen molar-refractivity contribution >= 4 is 27.9 Å².